The number of ether oxygens (including phenoxy) is 1. The largest absolute Gasteiger partial charge is 0.493 e. The monoisotopic (exact) mass is 429 g/mol. The van der Waals surface area contributed by atoms with Gasteiger partial charge in [-0.25, -0.2) is 4.98 Å². The highest BCUT2D eigenvalue weighted by Gasteiger charge is 2.15. The van der Waals surface area contributed by atoms with Crippen LogP contribution in [0.3, 0.4) is 0 Å². The van der Waals surface area contributed by atoms with E-state index in [1.807, 2.05) is 34.2 Å². The molecular formula is C20H23N5O2S2. The molecule has 1 aromatic carbocycles. The lowest BCUT2D eigenvalue weighted by Gasteiger charge is -2.10. The first kappa shape index (κ1) is 21.1. The maximum atomic E-state index is 12.1. The van der Waals surface area contributed by atoms with Crippen LogP contribution in [0.15, 0.2) is 53.7 Å². The predicted molar refractivity (Wildman–Crippen MR) is 117 cm³/mol. The first-order valence-corrected chi connectivity index (χ1v) is 11.0. The average Bonchev–Trinajstić information content (AvgIpc) is 3.35. The molecule has 0 atom stereocenters. The van der Waals surface area contributed by atoms with Gasteiger partial charge < -0.3 is 10.1 Å². The molecule has 0 spiro atoms. The lowest BCUT2D eigenvalue weighted by Crippen LogP contribution is -2.14. The van der Waals surface area contributed by atoms with Crippen molar-refractivity contribution in [1.29, 1.82) is 0 Å². The Balaban J connectivity index is 1.69. The van der Waals surface area contributed by atoms with Gasteiger partial charge in [0.1, 0.15) is 5.75 Å². The summed E-state index contributed by atoms with van der Waals surface area (Å²) < 4.78 is 7.68. The van der Waals surface area contributed by atoms with Crippen molar-refractivity contribution in [2.75, 3.05) is 17.7 Å². The van der Waals surface area contributed by atoms with E-state index >= 15 is 0 Å². The van der Waals surface area contributed by atoms with Crippen molar-refractivity contribution in [2.24, 2.45) is 5.92 Å². The molecule has 29 heavy (non-hydrogen) atoms. The number of aromatic nitrogens is 4. The van der Waals surface area contributed by atoms with Crippen molar-refractivity contribution in [1.82, 2.24) is 19.7 Å². The van der Waals surface area contributed by atoms with E-state index in [0.29, 0.717) is 29.4 Å². The third-order valence-electron chi connectivity index (χ3n) is 3.74. The molecule has 3 aromatic rings. The molecule has 1 amide bonds. The molecule has 0 unspecified atom stereocenters. The van der Waals surface area contributed by atoms with Gasteiger partial charge >= 0.3 is 0 Å². The third-order valence-corrected chi connectivity index (χ3v) is 5.39. The lowest BCUT2D eigenvalue weighted by atomic mass is 10.2. The standard InChI is InChI=1S/C20H23N5O2S2/c1-4-10-25-18(15-5-7-16(8-6-15)27-12-14(2)3)23-24-20(25)29-13-17(26)22-19-21-9-11-28-19/h4-9,11,14H,1,10,12-13H2,2-3H3,(H,21,22,26). The van der Waals surface area contributed by atoms with Gasteiger partial charge in [0, 0.05) is 23.7 Å². The summed E-state index contributed by atoms with van der Waals surface area (Å²) in [6.45, 7) is 9.27. The van der Waals surface area contributed by atoms with Crippen molar-refractivity contribution in [3.05, 3.63) is 48.5 Å². The molecule has 2 heterocycles. The van der Waals surface area contributed by atoms with Crippen LogP contribution < -0.4 is 10.1 Å². The number of hydrogen-bond donors (Lipinski definition) is 1. The second-order valence-corrected chi connectivity index (χ2v) is 8.45. The summed E-state index contributed by atoms with van der Waals surface area (Å²) in [6, 6.07) is 7.78. The van der Waals surface area contributed by atoms with E-state index in [1.165, 1.54) is 23.1 Å². The first-order chi connectivity index (χ1) is 14.1. The van der Waals surface area contributed by atoms with Crippen LogP contribution in [-0.4, -0.2) is 38.0 Å². The van der Waals surface area contributed by atoms with Crippen LogP contribution in [-0.2, 0) is 11.3 Å². The fourth-order valence-electron chi connectivity index (χ4n) is 2.44. The Labute approximate surface area is 178 Å². The van der Waals surface area contributed by atoms with Gasteiger partial charge in [0.25, 0.3) is 0 Å². The minimum absolute atomic E-state index is 0.133. The van der Waals surface area contributed by atoms with Crippen LogP contribution >= 0.6 is 23.1 Å². The van der Waals surface area contributed by atoms with Crippen molar-refractivity contribution in [2.45, 2.75) is 25.5 Å². The summed E-state index contributed by atoms with van der Waals surface area (Å²) in [7, 11) is 0. The van der Waals surface area contributed by atoms with Gasteiger partial charge in [-0.1, -0.05) is 31.7 Å². The molecule has 0 bridgehead atoms. The highest BCUT2D eigenvalue weighted by molar-refractivity contribution is 7.99. The van der Waals surface area contributed by atoms with Crippen molar-refractivity contribution in [3.8, 4) is 17.1 Å². The van der Waals surface area contributed by atoms with Gasteiger partial charge in [-0.2, -0.15) is 0 Å². The maximum absolute atomic E-state index is 12.1. The zero-order chi connectivity index (χ0) is 20.6. The maximum Gasteiger partial charge on any atom is 0.236 e. The van der Waals surface area contributed by atoms with Crippen LogP contribution in [0.4, 0.5) is 5.13 Å². The van der Waals surface area contributed by atoms with E-state index in [-0.39, 0.29) is 11.7 Å². The Bertz CT molecular complexity index is 936. The molecule has 3 rings (SSSR count). The molecule has 1 N–H and O–H groups in total. The number of carbonyl (C=O) groups is 1. The molecule has 2 aromatic heterocycles. The van der Waals surface area contributed by atoms with E-state index in [1.54, 1.807) is 12.3 Å². The molecule has 9 heteroatoms. The molecule has 152 valence electrons. The van der Waals surface area contributed by atoms with Crippen LogP contribution in [0.1, 0.15) is 13.8 Å². The SMILES string of the molecule is C=CCn1c(SCC(=O)Nc2nccs2)nnc1-c1ccc(OCC(C)C)cc1. The summed E-state index contributed by atoms with van der Waals surface area (Å²) >= 11 is 2.71. The molecule has 0 radical (unpaired) electrons. The second kappa shape index (κ2) is 10.2. The average molecular weight is 430 g/mol. The number of amides is 1. The first-order valence-electron chi connectivity index (χ1n) is 9.16. The highest BCUT2D eigenvalue weighted by Crippen LogP contribution is 2.26. The zero-order valence-electron chi connectivity index (χ0n) is 16.4. The molecule has 0 saturated heterocycles. The van der Waals surface area contributed by atoms with Crippen LogP contribution in [0.25, 0.3) is 11.4 Å². The number of nitrogens with one attached hydrogen (secondary N) is 1. The summed E-state index contributed by atoms with van der Waals surface area (Å²) in [5.74, 6) is 2.11. The number of anilines is 1. The van der Waals surface area contributed by atoms with Crippen LogP contribution in [0.2, 0.25) is 0 Å². The molecule has 0 fully saturated rings. The summed E-state index contributed by atoms with van der Waals surface area (Å²) in [5.41, 5.74) is 0.926. The van der Waals surface area contributed by atoms with Gasteiger partial charge in [0.05, 0.1) is 12.4 Å². The van der Waals surface area contributed by atoms with Gasteiger partial charge in [-0.05, 0) is 30.2 Å². The Morgan fingerprint density at radius 3 is 2.79 bits per heavy atom. The fourth-order valence-corrected chi connectivity index (χ4v) is 3.73. The highest BCUT2D eigenvalue weighted by atomic mass is 32.2. The smallest absolute Gasteiger partial charge is 0.236 e. The fraction of sp³-hybridized carbons (Fsp3) is 0.300. The summed E-state index contributed by atoms with van der Waals surface area (Å²) in [6.07, 6.45) is 3.44. The quantitative estimate of drug-likeness (QED) is 0.381. The summed E-state index contributed by atoms with van der Waals surface area (Å²) in [5, 5.41) is 14.4. The molecular weight excluding hydrogens is 406 g/mol. The van der Waals surface area contributed by atoms with Crippen LogP contribution in [0.5, 0.6) is 5.75 Å². The van der Waals surface area contributed by atoms with Crippen LogP contribution in [0, 0.1) is 5.92 Å². The van der Waals surface area contributed by atoms with Crippen molar-refractivity contribution < 1.29 is 9.53 Å². The van der Waals surface area contributed by atoms with E-state index in [4.69, 9.17) is 4.74 Å². The molecule has 0 aliphatic heterocycles. The third kappa shape index (κ3) is 5.91. The number of benzene rings is 1. The Morgan fingerprint density at radius 2 is 2.14 bits per heavy atom. The van der Waals surface area contributed by atoms with Gasteiger partial charge in [0.2, 0.25) is 5.91 Å². The van der Waals surface area contributed by atoms with E-state index < -0.39 is 0 Å². The lowest BCUT2D eigenvalue weighted by molar-refractivity contribution is -0.113. The number of carbonyl (C=O) groups excluding carboxylic acids is 1. The molecule has 0 aliphatic rings. The van der Waals surface area contributed by atoms with E-state index in [9.17, 15) is 4.79 Å². The topological polar surface area (TPSA) is 81.9 Å². The summed E-state index contributed by atoms with van der Waals surface area (Å²) in [4.78, 5) is 16.2. The Morgan fingerprint density at radius 1 is 1.34 bits per heavy atom. The minimum Gasteiger partial charge on any atom is -0.493 e. The van der Waals surface area contributed by atoms with Crippen molar-refractivity contribution >= 4 is 34.1 Å². The Hall–Kier alpha value is -2.65. The number of rotatable bonds is 10. The van der Waals surface area contributed by atoms with E-state index in [0.717, 1.165) is 17.1 Å². The normalized spacial score (nSPS) is 10.9. The number of hydrogen-bond acceptors (Lipinski definition) is 7. The van der Waals surface area contributed by atoms with E-state index in [2.05, 4.69) is 40.9 Å². The number of thioether (sulfide) groups is 1. The van der Waals surface area contributed by atoms with Gasteiger partial charge in [0.15, 0.2) is 16.1 Å². The van der Waals surface area contributed by atoms with Gasteiger partial charge in [-0.3, -0.25) is 9.36 Å². The molecule has 0 saturated carbocycles. The number of thiazole rings is 1. The second-order valence-electron chi connectivity index (χ2n) is 6.61. The number of nitrogens with zero attached hydrogens (tertiary/aromatic N) is 4. The minimum atomic E-state index is -0.133. The Kier molecular flexibility index (Phi) is 7.42. The molecule has 0 aliphatic carbocycles. The predicted octanol–water partition coefficient (Wildman–Crippen LogP) is 4.35. The van der Waals surface area contributed by atoms with Crippen molar-refractivity contribution in [3.63, 3.8) is 0 Å². The zero-order valence-corrected chi connectivity index (χ0v) is 18.0. The molecule has 7 nitrogen and oxygen atoms in total. The number of allylic oxidation sites excluding steroid dienone is 1. The van der Waals surface area contributed by atoms with Gasteiger partial charge in [-0.15, -0.1) is 28.1 Å².